The van der Waals surface area contributed by atoms with E-state index in [1.807, 2.05) is 90.8 Å². The highest BCUT2D eigenvalue weighted by atomic mass is 16.5. The summed E-state index contributed by atoms with van der Waals surface area (Å²) in [6, 6.07) is 17.1. The molecule has 3 heterocycles. The van der Waals surface area contributed by atoms with Gasteiger partial charge in [0.15, 0.2) is 0 Å². The lowest BCUT2D eigenvalue weighted by atomic mass is 9.88. The van der Waals surface area contributed by atoms with Gasteiger partial charge in [-0.15, -0.1) is 0 Å². The van der Waals surface area contributed by atoms with E-state index in [0.717, 1.165) is 35.6 Å². The van der Waals surface area contributed by atoms with Gasteiger partial charge in [0.2, 0.25) is 5.78 Å². The highest BCUT2D eigenvalue weighted by molar-refractivity contribution is 6.42. The van der Waals surface area contributed by atoms with E-state index in [-0.39, 0.29) is 5.92 Å². The van der Waals surface area contributed by atoms with Crippen LogP contribution in [0, 0.1) is 5.92 Å². The summed E-state index contributed by atoms with van der Waals surface area (Å²) in [7, 11) is 0. The number of morpholine rings is 1. The number of ketones is 1. The monoisotopic (exact) mass is 441 g/mol. The van der Waals surface area contributed by atoms with Crippen LogP contribution in [0.2, 0.25) is 0 Å². The minimum Gasteiger partial charge on any atom is -0.378 e. The van der Waals surface area contributed by atoms with Gasteiger partial charge in [-0.2, -0.15) is 0 Å². The van der Waals surface area contributed by atoms with Gasteiger partial charge in [-0.25, -0.2) is 0 Å². The molecule has 6 heteroatoms. The first kappa shape index (κ1) is 21.2. The van der Waals surface area contributed by atoms with Crippen LogP contribution in [0.4, 0.5) is 11.4 Å². The molecule has 1 fully saturated rings. The molecular weight excluding hydrogens is 414 g/mol. The maximum Gasteiger partial charge on any atom is 0.294 e. The van der Waals surface area contributed by atoms with Crippen LogP contribution < -0.4 is 10.2 Å². The van der Waals surface area contributed by atoms with Gasteiger partial charge >= 0.3 is 0 Å². The van der Waals surface area contributed by atoms with Crippen molar-refractivity contribution in [3.63, 3.8) is 0 Å². The van der Waals surface area contributed by atoms with Crippen LogP contribution in [0.5, 0.6) is 0 Å². The Morgan fingerprint density at radius 3 is 2.42 bits per heavy atom. The van der Waals surface area contributed by atoms with E-state index in [4.69, 9.17) is 4.74 Å². The summed E-state index contributed by atoms with van der Waals surface area (Å²) in [6.45, 7) is 5.14. The molecule has 0 saturated carbocycles. The Hall–Kier alpha value is -3.64. The molecule has 1 saturated heterocycles. The number of Topliss-reactive ketones (excluding diaryl/α,β-unsaturated/α-hetero) is 1. The fourth-order valence-corrected chi connectivity index (χ4v) is 4.84. The Labute approximate surface area is 193 Å². The maximum absolute atomic E-state index is 13.3. The third kappa shape index (κ3) is 4.10. The van der Waals surface area contributed by atoms with E-state index >= 15 is 0 Å². The van der Waals surface area contributed by atoms with Crippen LogP contribution in [0.1, 0.15) is 12.5 Å². The van der Waals surface area contributed by atoms with Gasteiger partial charge in [0.1, 0.15) is 6.04 Å². The topological polar surface area (TPSA) is 61.9 Å². The SMILES string of the molecule is CC1C(c2ccccc2)=C2C=CC=CN2C1C(=O)C(=O)Nc1ccc(N2CCOCC2)cc1. The lowest BCUT2D eigenvalue weighted by Gasteiger charge is -2.29. The number of nitrogens with one attached hydrogen (secondary N) is 1. The number of anilines is 2. The van der Waals surface area contributed by atoms with Gasteiger partial charge in [-0.1, -0.05) is 43.3 Å². The molecule has 0 radical (unpaired) electrons. The summed E-state index contributed by atoms with van der Waals surface area (Å²) in [4.78, 5) is 30.5. The zero-order valence-corrected chi connectivity index (χ0v) is 18.6. The minimum absolute atomic E-state index is 0.128. The van der Waals surface area contributed by atoms with Gasteiger partial charge in [0, 0.05) is 42.3 Å². The molecule has 0 spiro atoms. The molecule has 3 aliphatic heterocycles. The van der Waals surface area contributed by atoms with Crippen LogP contribution in [0.3, 0.4) is 0 Å². The molecule has 2 atom stereocenters. The molecule has 1 N–H and O–H groups in total. The van der Waals surface area contributed by atoms with E-state index in [9.17, 15) is 9.59 Å². The van der Waals surface area contributed by atoms with Crippen molar-refractivity contribution in [2.24, 2.45) is 5.92 Å². The number of hydrogen-bond acceptors (Lipinski definition) is 5. The number of carbonyl (C=O) groups is 2. The number of hydrogen-bond donors (Lipinski definition) is 1. The number of carbonyl (C=O) groups excluding carboxylic acids is 2. The van der Waals surface area contributed by atoms with Crippen molar-refractivity contribution in [1.82, 2.24) is 4.90 Å². The van der Waals surface area contributed by atoms with Crippen molar-refractivity contribution in [3.05, 3.63) is 90.3 Å². The van der Waals surface area contributed by atoms with Crippen molar-refractivity contribution < 1.29 is 14.3 Å². The van der Waals surface area contributed by atoms with Crippen LogP contribution in [-0.2, 0) is 14.3 Å². The average molecular weight is 442 g/mol. The molecule has 3 aliphatic rings. The standard InChI is InChI=1S/C27H27N3O3/c1-19-24(20-7-3-2-4-8-20)23-9-5-6-14-30(23)25(19)26(31)27(32)28-21-10-12-22(13-11-21)29-15-17-33-18-16-29/h2-14,19,25H,15-18H2,1H3,(H,28,32). The second kappa shape index (κ2) is 9.08. The molecule has 6 nitrogen and oxygen atoms in total. The third-order valence-electron chi connectivity index (χ3n) is 6.47. The number of nitrogens with zero attached hydrogens (tertiary/aromatic N) is 2. The molecule has 168 valence electrons. The number of rotatable bonds is 5. The molecule has 2 aromatic rings. The predicted molar refractivity (Wildman–Crippen MR) is 130 cm³/mol. The number of ether oxygens (including phenoxy) is 1. The number of fused-ring (bicyclic) bond motifs is 1. The van der Waals surface area contributed by atoms with E-state index in [1.54, 1.807) is 0 Å². The van der Waals surface area contributed by atoms with E-state index in [2.05, 4.69) is 10.2 Å². The molecule has 5 rings (SSSR count). The first-order chi connectivity index (χ1) is 16.1. The Kier molecular flexibility index (Phi) is 5.84. The number of benzene rings is 2. The summed E-state index contributed by atoms with van der Waals surface area (Å²) in [5, 5.41) is 2.80. The van der Waals surface area contributed by atoms with Crippen molar-refractivity contribution >= 4 is 28.6 Å². The minimum atomic E-state index is -0.595. The van der Waals surface area contributed by atoms with Gasteiger partial charge in [-0.05, 0) is 47.6 Å². The van der Waals surface area contributed by atoms with Gasteiger partial charge in [0.05, 0.1) is 13.2 Å². The fourth-order valence-electron chi connectivity index (χ4n) is 4.84. The maximum atomic E-state index is 13.3. The predicted octanol–water partition coefficient (Wildman–Crippen LogP) is 3.85. The van der Waals surface area contributed by atoms with Crippen LogP contribution in [-0.4, -0.2) is 48.9 Å². The Morgan fingerprint density at radius 1 is 0.970 bits per heavy atom. The molecule has 2 aromatic carbocycles. The van der Waals surface area contributed by atoms with Crippen molar-refractivity contribution in [2.45, 2.75) is 13.0 Å². The highest BCUT2D eigenvalue weighted by Gasteiger charge is 2.43. The quantitative estimate of drug-likeness (QED) is 0.715. The summed E-state index contributed by atoms with van der Waals surface area (Å²) in [6.07, 6.45) is 7.75. The Balaban J connectivity index is 1.32. The molecule has 33 heavy (non-hydrogen) atoms. The van der Waals surface area contributed by atoms with Crippen LogP contribution in [0.25, 0.3) is 5.57 Å². The number of amides is 1. The molecule has 1 amide bonds. The fraction of sp³-hybridized carbons (Fsp3) is 0.259. The Bertz CT molecular complexity index is 1130. The highest BCUT2D eigenvalue weighted by Crippen LogP contribution is 2.42. The van der Waals surface area contributed by atoms with Crippen molar-refractivity contribution in [1.29, 1.82) is 0 Å². The first-order valence-corrected chi connectivity index (χ1v) is 11.3. The van der Waals surface area contributed by atoms with E-state index in [1.165, 1.54) is 0 Å². The second-order valence-corrected chi connectivity index (χ2v) is 8.47. The van der Waals surface area contributed by atoms with Crippen LogP contribution >= 0.6 is 0 Å². The molecule has 0 aromatic heterocycles. The average Bonchev–Trinajstić information content (AvgIpc) is 3.16. The van der Waals surface area contributed by atoms with E-state index < -0.39 is 17.7 Å². The summed E-state index contributed by atoms with van der Waals surface area (Å²) >= 11 is 0. The van der Waals surface area contributed by atoms with Crippen molar-refractivity contribution in [3.8, 4) is 0 Å². The van der Waals surface area contributed by atoms with Gasteiger partial charge in [-0.3, -0.25) is 9.59 Å². The summed E-state index contributed by atoms with van der Waals surface area (Å²) in [5.74, 6) is -1.16. The third-order valence-corrected chi connectivity index (χ3v) is 6.47. The molecule has 0 aliphatic carbocycles. The normalized spacial score (nSPS) is 21.8. The Morgan fingerprint density at radius 2 is 1.70 bits per heavy atom. The number of allylic oxidation sites excluding steroid dienone is 3. The van der Waals surface area contributed by atoms with Gasteiger partial charge in [0.25, 0.3) is 5.91 Å². The second-order valence-electron chi connectivity index (χ2n) is 8.47. The zero-order chi connectivity index (χ0) is 22.8. The van der Waals surface area contributed by atoms with E-state index in [0.29, 0.717) is 18.9 Å². The summed E-state index contributed by atoms with van der Waals surface area (Å²) in [5.41, 5.74) is 4.81. The lowest BCUT2D eigenvalue weighted by molar-refractivity contribution is -0.137. The zero-order valence-electron chi connectivity index (χ0n) is 18.6. The molecule has 0 bridgehead atoms. The smallest absolute Gasteiger partial charge is 0.294 e. The van der Waals surface area contributed by atoms with Gasteiger partial charge < -0.3 is 19.9 Å². The summed E-state index contributed by atoms with van der Waals surface area (Å²) < 4.78 is 5.40. The van der Waals surface area contributed by atoms with Crippen molar-refractivity contribution in [2.75, 3.05) is 36.5 Å². The molecular formula is C27H27N3O3. The van der Waals surface area contributed by atoms with Crippen LogP contribution in [0.15, 0.2) is 84.7 Å². The molecule has 2 unspecified atom stereocenters. The lowest BCUT2D eigenvalue weighted by Crippen LogP contribution is -2.43. The largest absolute Gasteiger partial charge is 0.378 e. The first-order valence-electron chi connectivity index (χ1n) is 11.3.